The lowest BCUT2D eigenvalue weighted by molar-refractivity contribution is -0.115. The summed E-state index contributed by atoms with van der Waals surface area (Å²) < 4.78 is 0. The van der Waals surface area contributed by atoms with Crippen molar-refractivity contribution in [2.75, 3.05) is 0 Å². The summed E-state index contributed by atoms with van der Waals surface area (Å²) in [6.07, 6.45) is 3.63. The molecule has 0 bridgehead atoms. The Labute approximate surface area is 89.5 Å². The van der Waals surface area contributed by atoms with E-state index in [0.29, 0.717) is 24.0 Å². The van der Waals surface area contributed by atoms with Crippen LogP contribution in [0.4, 0.5) is 0 Å². The van der Waals surface area contributed by atoms with Crippen LogP contribution in [0.3, 0.4) is 0 Å². The van der Waals surface area contributed by atoms with Gasteiger partial charge in [-0.05, 0) is 45.8 Å². The SMILES string of the molecule is CC1=CC(=O)C=C(CCC(C)(C)O)C1=O. The van der Waals surface area contributed by atoms with Crippen LogP contribution in [-0.2, 0) is 9.59 Å². The summed E-state index contributed by atoms with van der Waals surface area (Å²) in [5, 5.41) is 9.53. The maximum atomic E-state index is 11.6. The number of carbonyl (C=O) groups is 2. The summed E-state index contributed by atoms with van der Waals surface area (Å²) >= 11 is 0. The molecule has 0 aromatic heterocycles. The maximum absolute atomic E-state index is 11.6. The van der Waals surface area contributed by atoms with E-state index in [1.165, 1.54) is 12.2 Å². The van der Waals surface area contributed by atoms with Gasteiger partial charge in [0.05, 0.1) is 5.60 Å². The monoisotopic (exact) mass is 208 g/mol. The molecule has 1 aliphatic carbocycles. The van der Waals surface area contributed by atoms with Crippen molar-refractivity contribution in [3.8, 4) is 0 Å². The van der Waals surface area contributed by atoms with Gasteiger partial charge >= 0.3 is 0 Å². The second-order valence-electron chi connectivity index (χ2n) is 4.54. The van der Waals surface area contributed by atoms with Gasteiger partial charge < -0.3 is 5.11 Å². The normalized spacial score (nSPS) is 17.6. The Bertz CT molecular complexity index is 354. The van der Waals surface area contributed by atoms with Crippen LogP contribution in [0, 0.1) is 0 Å². The molecule has 0 heterocycles. The minimum Gasteiger partial charge on any atom is -0.390 e. The molecule has 15 heavy (non-hydrogen) atoms. The number of Topliss-reactive ketones (excluding diaryl/α,β-unsaturated/α-hetero) is 1. The zero-order chi connectivity index (χ0) is 11.6. The minimum absolute atomic E-state index is 0.0844. The summed E-state index contributed by atoms with van der Waals surface area (Å²) in [6, 6.07) is 0. The van der Waals surface area contributed by atoms with Crippen LogP contribution in [-0.4, -0.2) is 22.3 Å². The number of carbonyl (C=O) groups excluding carboxylic acids is 2. The molecule has 82 valence electrons. The summed E-state index contributed by atoms with van der Waals surface area (Å²) in [7, 11) is 0. The maximum Gasteiger partial charge on any atom is 0.184 e. The number of hydrogen-bond acceptors (Lipinski definition) is 3. The van der Waals surface area contributed by atoms with Gasteiger partial charge in [-0.25, -0.2) is 0 Å². The molecule has 0 aromatic rings. The lowest BCUT2D eigenvalue weighted by Crippen LogP contribution is -2.20. The van der Waals surface area contributed by atoms with Crippen LogP contribution in [0.15, 0.2) is 23.3 Å². The summed E-state index contributed by atoms with van der Waals surface area (Å²) in [5.41, 5.74) is 0.176. The Kier molecular flexibility index (Phi) is 3.25. The fourth-order valence-electron chi connectivity index (χ4n) is 1.44. The molecule has 1 rings (SSSR count). The molecule has 3 nitrogen and oxygen atoms in total. The van der Waals surface area contributed by atoms with E-state index in [-0.39, 0.29) is 11.6 Å². The first-order valence-corrected chi connectivity index (χ1v) is 4.99. The molecule has 1 N–H and O–H groups in total. The van der Waals surface area contributed by atoms with Crippen LogP contribution in [0.5, 0.6) is 0 Å². The largest absolute Gasteiger partial charge is 0.390 e. The zero-order valence-electron chi connectivity index (χ0n) is 9.33. The van der Waals surface area contributed by atoms with E-state index in [1.807, 2.05) is 0 Å². The quantitative estimate of drug-likeness (QED) is 0.716. The first-order valence-electron chi connectivity index (χ1n) is 4.99. The Hall–Kier alpha value is -1.22. The third-order valence-corrected chi connectivity index (χ3v) is 2.33. The van der Waals surface area contributed by atoms with Crippen molar-refractivity contribution in [1.29, 1.82) is 0 Å². The van der Waals surface area contributed by atoms with Gasteiger partial charge in [0.15, 0.2) is 11.6 Å². The average Bonchev–Trinajstić information content (AvgIpc) is 2.07. The highest BCUT2D eigenvalue weighted by atomic mass is 16.3. The predicted molar refractivity (Wildman–Crippen MR) is 57.4 cm³/mol. The van der Waals surface area contributed by atoms with Crippen molar-refractivity contribution in [2.24, 2.45) is 0 Å². The molecule has 0 aliphatic heterocycles. The first kappa shape index (κ1) is 11.9. The van der Waals surface area contributed by atoms with Crippen molar-refractivity contribution in [2.45, 2.75) is 39.2 Å². The van der Waals surface area contributed by atoms with Crippen LogP contribution in [0.25, 0.3) is 0 Å². The highest BCUT2D eigenvalue weighted by Crippen LogP contribution is 2.21. The van der Waals surface area contributed by atoms with E-state index >= 15 is 0 Å². The van der Waals surface area contributed by atoms with Gasteiger partial charge in [-0.3, -0.25) is 9.59 Å². The minimum atomic E-state index is -0.806. The number of aliphatic hydroxyl groups is 1. The Balaban J connectivity index is 2.71. The molecule has 0 spiro atoms. The van der Waals surface area contributed by atoms with Gasteiger partial charge in [-0.2, -0.15) is 0 Å². The highest BCUT2D eigenvalue weighted by Gasteiger charge is 2.21. The molecule has 0 atom stereocenters. The topological polar surface area (TPSA) is 54.4 Å². The lowest BCUT2D eigenvalue weighted by atomic mass is 9.90. The highest BCUT2D eigenvalue weighted by molar-refractivity contribution is 6.19. The van der Waals surface area contributed by atoms with Crippen LogP contribution < -0.4 is 0 Å². The number of allylic oxidation sites excluding steroid dienone is 4. The molecule has 0 aromatic carbocycles. The van der Waals surface area contributed by atoms with Crippen molar-refractivity contribution in [3.05, 3.63) is 23.3 Å². The van der Waals surface area contributed by atoms with Crippen molar-refractivity contribution < 1.29 is 14.7 Å². The van der Waals surface area contributed by atoms with Crippen LogP contribution >= 0.6 is 0 Å². The predicted octanol–water partition coefficient (Wildman–Crippen LogP) is 1.56. The molecule has 1 aliphatic rings. The molecule has 0 amide bonds. The van der Waals surface area contributed by atoms with Gasteiger partial charge in [0, 0.05) is 11.1 Å². The lowest BCUT2D eigenvalue weighted by Gasteiger charge is -2.18. The average molecular weight is 208 g/mol. The van der Waals surface area contributed by atoms with E-state index in [0.717, 1.165) is 0 Å². The first-order chi connectivity index (χ1) is 6.79. The Morgan fingerprint density at radius 3 is 2.40 bits per heavy atom. The molecule has 0 radical (unpaired) electrons. The third kappa shape index (κ3) is 3.44. The summed E-state index contributed by atoms with van der Waals surface area (Å²) in [4.78, 5) is 22.8. The van der Waals surface area contributed by atoms with E-state index < -0.39 is 5.60 Å². The van der Waals surface area contributed by atoms with E-state index in [1.54, 1.807) is 20.8 Å². The summed E-state index contributed by atoms with van der Waals surface area (Å²) in [6.45, 7) is 5.01. The second kappa shape index (κ2) is 4.11. The van der Waals surface area contributed by atoms with Gasteiger partial charge in [0.2, 0.25) is 0 Å². The molecule has 0 saturated carbocycles. The van der Waals surface area contributed by atoms with Gasteiger partial charge in [-0.15, -0.1) is 0 Å². The smallest absolute Gasteiger partial charge is 0.184 e. The third-order valence-electron chi connectivity index (χ3n) is 2.33. The van der Waals surface area contributed by atoms with E-state index in [4.69, 9.17) is 0 Å². The van der Waals surface area contributed by atoms with Gasteiger partial charge in [0.25, 0.3) is 0 Å². The summed E-state index contributed by atoms with van der Waals surface area (Å²) in [5.74, 6) is -0.225. The van der Waals surface area contributed by atoms with Crippen molar-refractivity contribution in [1.82, 2.24) is 0 Å². The van der Waals surface area contributed by atoms with E-state index in [9.17, 15) is 14.7 Å². The number of rotatable bonds is 3. The molecular formula is C12H16O3. The Morgan fingerprint density at radius 2 is 1.87 bits per heavy atom. The second-order valence-corrected chi connectivity index (χ2v) is 4.54. The van der Waals surface area contributed by atoms with E-state index in [2.05, 4.69) is 0 Å². The number of ketones is 2. The zero-order valence-corrected chi connectivity index (χ0v) is 9.33. The number of hydrogen-bond donors (Lipinski definition) is 1. The van der Waals surface area contributed by atoms with Gasteiger partial charge in [0.1, 0.15) is 0 Å². The fraction of sp³-hybridized carbons (Fsp3) is 0.500. The molecule has 0 saturated heterocycles. The van der Waals surface area contributed by atoms with Gasteiger partial charge in [-0.1, -0.05) is 0 Å². The van der Waals surface area contributed by atoms with Crippen molar-refractivity contribution >= 4 is 11.6 Å². The molecular weight excluding hydrogens is 192 g/mol. The van der Waals surface area contributed by atoms with Crippen LogP contribution in [0.2, 0.25) is 0 Å². The van der Waals surface area contributed by atoms with Crippen molar-refractivity contribution in [3.63, 3.8) is 0 Å². The Morgan fingerprint density at radius 1 is 1.27 bits per heavy atom. The molecule has 3 heteroatoms. The standard InChI is InChI=1S/C12H16O3/c1-8-6-10(13)7-9(11(8)14)4-5-12(2,3)15/h6-7,15H,4-5H2,1-3H3. The van der Waals surface area contributed by atoms with Crippen LogP contribution in [0.1, 0.15) is 33.6 Å². The molecule has 0 unspecified atom stereocenters. The fourth-order valence-corrected chi connectivity index (χ4v) is 1.44. The molecule has 0 fully saturated rings.